The Bertz CT molecular complexity index is 358. The molecule has 1 aromatic rings. The van der Waals surface area contributed by atoms with Crippen LogP contribution in [-0.4, -0.2) is 16.4 Å². The maximum Gasteiger partial charge on any atom is 0.391 e. The lowest BCUT2D eigenvalue weighted by molar-refractivity contribution is -0.182. The summed E-state index contributed by atoms with van der Waals surface area (Å²) in [4.78, 5) is 0. The molecule has 0 atom stereocenters. The molecule has 0 unspecified atom stereocenters. The van der Waals surface area contributed by atoms with E-state index in [0.29, 0.717) is 22.6 Å². The van der Waals surface area contributed by atoms with Crippen LogP contribution in [0.15, 0.2) is 4.42 Å². The molecule has 0 bridgehead atoms. The molecule has 2 rings (SSSR count). The summed E-state index contributed by atoms with van der Waals surface area (Å²) in [5.41, 5.74) is 0. The zero-order valence-corrected chi connectivity index (χ0v) is 10.5. The summed E-state index contributed by atoms with van der Waals surface area (Å²) in [5.74, 6) is -0.689. The van der Waals surface area contributed by atoms with Crippen LogP contribution in [0.5, 0.6) is 0 Å². The SMILES string of the molecule is FC(F)(F)C1CCC(c2nnc(I)o2)CC1. The molecule has 1 aliphatic rings. The third-order valence-corrected chi connectivity index (χ3v) is 3.39. The third kappa shape index (κ3) is 2.67. The van der Waals surface area contributed by atoms with Gasteiger partial charge >= 0.3 is 6.18 Å². The zero-order valence-electron chi connectivity index (χ0n) is 8.30. The first kappa shape index (κ1) is 12.1. The van der Waals surface area contributed by atoms with Crippen molar-refractivity contribution in [3.63, 3.8) is 0 Å². The van der Waals surface area contributed by atoms with E-state index in [9.17, 15) is 13.2 Å². The number of alkyl halides is 3. The predicted molar refractivity (Wildman–Crippen MR) is 57.8 cm³/mol. The Hall–Kier alpha value is -0.340. The minimum absolute atomic E-state index is 0.00499. The Morgan fingerprint density at radius 1 is 1.12 bits per heavy atom. The summed E-state index contributed by atoms with van der Waals surface area (Å²) in [6.07, 6.45) is -2.79. The maximum atomic E-state index is 12.4. The second-order valence-corrected chi connectivity index (χ2v) is 4.91. The van der Waals surface area contributed by atoms with Crippen molar-refractivity contribution in [3.05, 3.63) is 9.79 Å². The number of aromatic nitrogens is 2. The van der Waals surface area contributed by atoms with Gasteiger partial charge < -0.3 is 4.42 Å². The van der Waals surface area contributed by atoms with Crippen LogP contribution >= 0.6 is 22.6 Å². The smallest absolute Gasteiger partial charge is 0.391 e. The van der Waals surface area contributed by atoms with Gasteiger partial charge in [0.1, 0.15) is 0 Å². The largest absolute Gasteiger partial charge is 0.416 e. The monoisotopic (exact) mass is 346 g/mol. The van der Waals surface area contributed by atoms with E-state index in [0.717, 1.165) is 0 Å². The van der Waals surface area contributed by atoms with Crippen LogP contribution < -0.4 is 0 Å². The molecule has 90 valence electrons. The highest BCUT2D eigenvalue weighted by molar-refractivity contribution is 14.1. The normalized spacial score (nSPS) is 27.0. The van der Waals surface area contributed by atoms with Crippen molar-refractivity contribution < 1.29 is 17.6 Å². The summed E-state index contributed by atoms with van der Waals surface area (Å²) in [5, 5.41) is 7.53. The molecule has 1 aliphatic carbocycles. The van der Waals surface area contributed by atoms with Gasteiger partial charge in [-0.25, -0.2) is 0 Å². The molecular weight excluding hydrogens is 336 g/mol. The quantitative estimate of drug-likeness (QED) is 0.731. The average Bonchev–Trinajstić information content (AvgIpc) is 2.64. The average molecular weight is 346 g/mol. The fourth-order valence-electron chi connectivity index (χ4n) is 2.05. The van der Waals surface area contributed by atoms with Gasteiger partial charge in [0.2, 0.25) is 5.89 Å². The summed E-state index contributed by atoms with van der Waals surface area (Å²) in [7, 11) is 0. The van der Waals surface area contributed by atoms with Crippen molar-refractivity contribution in [2.45, 2.75) is 37.8 Å². The van der Waals surface area contributed by atoms with Crippen LogP contribution in [0.1, 0.15) is 37.5 Å². The molecular formula is C9H10F3IN2O. The molecule has 1 saturated carbocycles. The highest BCUT2D eigenvalue weighted by atomic mass is 127. The molecule has 0 radical (unpaired) electrons. The van der Waals surface area contributed by atoms with Crippen LogP contribution in [0.25, 0.3) is 0 Å². The first-order chi connectivity index (χ1) is 7.47. The molecule has 1 heterocycles. The van der Waals surface area contributed by atoms with Crippen molar-refractivity contribution in [1.82, 2.24) is 10.2 Å². The molecule has 7 heteroatoms. The zero-order chi connectivity index (χ0) is 11.8. The lowest BCUT2D eigenvalue weighted by Crippen LogP contribution is -2.27. The standard InChI is InChI=1S/C9H10F3IN2O/c10-9(11,12)6-3-1-5(2-4-6)7-14-15-8(13)16-7/h5-6H,1-4H2. The van der Waals surface area contributed by atoms with Gasteiger partial charge in [-0.05, 0) is 25.7 Å². The Labute approximate surface area is 104 Å². The summed E-state index contributed by atoms with van der Waals surface area (Å²) >= 11 is 1.89. The second-order valence-electron chi connectivity index (χ2n) is 3.98. The van der Waals surface area contributed by atoms with Gasteiger partial charge in [0.15, 0.2) is 0 Å². The van der Waals surface area contributed by atoms with Crippen molar-refractivity contribution in [2.75, 3.05) is 0 Å². The van der Waals surface area contributed by atoms with E-state index in [4.69, 9.17) is 4.42 Å². The van der Waals surface area contributed by atoms with E-state index < -0.39 is 12.1 Å². The molecule has 16 heavy (non-hydrogen) atoms. The number of hydrogen-bond donors (Lipinski definition) is 0. The van der Waals surface area contributed by atoms with E-state index in [1.54, 1.807) is 0 Å². The minimum Gasteiger partial charge on any atom is -0.416 e. The van der Waals surface area contributed by atoms with Crippen LogP contribution in [0.3, 0.4) is 0 Å². The van der Waals surface area contributed by atoms with Gasteiger partial charge in [0.05, 0.1) is 5.92 Å². The van der Waals surface area contributed by atoms with Gasteiger partial charge in [-0.3, -0.25) is 0 Å². The summed E-state index contributed by atoms with van der Waals surface area (Å²) < 4.78 is 42.9. The number of hydrogen-bond acceptors (Lipinski definition) is 3. The summed E-state index contributed by atoms with van der Waals surface area (Å²) in [6, 6.07) is 0. The van der Waals surface area contributed by atoms with Gasteiger partial charge in [-0.15, -0.1) is 10.2 Å². The van der Waals surface area contributed by atoms with E-state index in [2.05, 4.69) is 10.2 Å². The molecule has 0 saturated heterocycles. The van der Waals surface area contributed by atoms with Gasteiger partial charge in [-0.1, -0.05) is 0 Å². The van der Waals surface area contributed by atoms with E-state index in [1.807, 2.05) is 22.6 Å². The highest BCUT2D eigenvalue weighted by Crippen LogP contribution is 2.42. The molecule has 0 N–H and O–H groups in total. The van der Waals surface area contributed by atoms with Crippen LogP contribution in [0.2, 0.25) is 0 Å². The Morgan fingerprint density at radius 3 is 2.19 bits per heavy atom. The van der Waals surface area contributed by atoms with E-state index in [-0.39, 0.29) is 18.8 Å². The first-order valence-electron chi connectivity index (χ1n) is 5.02. The Morgan fingerprint density at radius 2 is 1.75 bits per heavy atom. The number of nitrogens with zero attached hydrogens (tertiary/aromatic N) is 2. The highest BCUT2D eigenvalue weighted by Gasteiger charge is 2.42. The van der Waals surface area contributed by atoms with Gasteiger partial charge in [0, 0.05) is 28.5 Å². The van der Waals surface area contributed by atoms with E-state index in [1.165, 1.54) is 0 Å². The molecule has 0 amide bonds. The lowest BCUT2D eigenvalue weighted by atomic mass is 9.81. The second kappa shape index (κ2) is 4.50. The molecule has 0 aliphatic heterocycles. The lowest BCUT2D eigenvalue weighted by Gasteiger charge is -2.27. The van der Waals surface area contributed by atoms with Crippen molar-refractivity contribution in [1.29, 1.82) is 0 Å². The van der Waals surface area contributed by atoms with Crippen LogP contribution in [0, 0.1) is 9.82 Å². The first-order valence-corrected chi connectivity index (χ1v) is 6.10. The topological polar surface area (TPSA) is 38.9 Å². The maximum absolute atomic E-state index is 12.4. The predicted octanol–water partition coefficient (Wildman–Crippen LogP) is 3.51. The van der Waals surface area contributed by atoms with Gasteiger partial charge in [0.25, 0.3) is 3.90 Å². The molecule has 0 aromatic carbocycles. The Balaban J connectivity index is 1.95. The Kier molecular flexibility index (Phi) is 3.41. The molecule has 0 spiro atoms. The number of rotatable bonds is 1. The number of halogens is 4. The van der Waals surface area contributed by atoms with Crippen molar-refractivity contribution in [3.8, 4) is 0 Å². The summed E-state index contributed by atoms with van der Waals surface area (Å²) in [6.45, 7) is 0. The molecule has 1 aromatic heterocycles. The fourth-order valence-corrected chi connectivity index (χ4v) is 2.38. The van der Waals surface area contributed by atoms with Crippen molar-refractivity contribution >= 4 is 22.6 Å². The van der Waals surface area contributed by atoms with Crippen LogP contribution in [0.4, 0.5) is 13.2 Å². The van der Waals surface area contributed by atoms with Gasteiger partial charge in [-0.2, -0.15) is 13.2 Å². The fraction of sp³-hybridized carbons (Fsp3) is 0.778. The molecule has 3 nitrogen and oxygen atoms in total. The minimum atomic E-state index is -4.06. The molecule has 1 fully saturated rings. The van der Waals surface area contributed by atoms with Crippen molar-refractivity contribution in [2.24, 2.45) is 5.92 Å². The van der Waals surface area contributed by atoms with Crippen LogP contribution in [-0.2, 0) is 0 Å². The third-order valence-electron chi connectivity index (χ3n) is 2.96. The van der Waals surface area contributed by atoms with E-state index >= 15 is 0 Å².